The van der Waals surface area contributed by atoms with E-state index < -0.39 is 0 Å². The standard InChI is InChI=1S/C9H14N2OS/c1-3-5-11-6-7(10-4-2)9(13)8(6)12/h10-11H,3-5H2,1-2H3. The van der Waals surface area contributed by atoms with Crippen molar-refractivity contribution in [3.05, 3.63) is 14.7 Å². The molecule has 0 aliphatic heterocycles. The third-order valence-electron chi connectivity index (χ3n) is 1.82. The second kappa shape index (κ2) is 4.37. The Balaban J connectivity index is 2.76. The Hall–Kier alpha value is -0.900. The highest BCUT2D eigenvalue weighted by molar-refractivity contribution is 7.71. The van der Waals surface area contributed by atoms with Crippen molar-refractivity contribution in [2.45, 2.75) is 20.3 Å². The van der Waals surface area contributed by atoms with Gasteiger partial charge in [0.05, 0.1) is 5.69 Å². The van der Waals surface area contributed by atoms with Gasteiger partial charge in [-0.2, -0.15) is 0 Å². The third-order valence-corrected chi connectivity index (χ3v) is 2.21. The van der Waals surface area contributed by atoms with Crippen molar-refractivity contribution in [1.29, 1.82) is 0 Å². The summed E-state index contributed by atoms with van der Waals surface area (Å²) in [5, 5.41) is 6.14. The highest BCUT2D eigenvalue weighted by atomic mass is 32.1. The van der Waals surface area contributed by atoms with Gasteiger partial charge in [0.1, 0.15) is 10.2 Å². The molecule has 1 rings (SSSR count). The number of nitrogens with one attached hydrogen (secondary N) is 2. The SMILES string of the molecule is CCCNc1c(NCC)c(=S)c1=O. The molecule has 0 aliphatic carbocycles. The largest absolute Gasteiger partial charge is 0.382 e. The molecule has 0 amide bonds. The zero-order valence-electron chi connectivity index (χ0n) is 7.94. The van der Waals surface area contributed by atoms with Crippen molar-refractivity contribution in [2.75, 3.05) is 23.7 Å². The summed E-state index contributed by atoms with van der Waals surface area (Å²) in [7, 11) is 0. The lowest BCUT2D eigenvalue weighted by molar-refractivity contribution is 0.974. The van der Waals surface area contributed by atoms with Crippen LogP contribution in [0, 0.1) is 4.51 Å². The summed E-state index contributed by atoms with van der Waals surface area (Å²) < 4.78 is 0.431. The van der Waals surface area contributed by atoms with Gasteiger partial charge in [-0.25, -0.2) is 0 Å². The third kappa shape index (κ3) is 1.88. The van der Waals surface area contributed by atoms with Crippen LogP contribution in [0.15, 0.2) is 4.79 Å². The Morgan fingerprint density at radius 1 is 1.23 bits per heavy atom. The first-order chi connectivity index (χ1) is 6.22. The van der Waals surface area contributed by atoms with Crippen LogP contribution >= 0.6 is 12.2 Å². The van der Waals surface area contributed by atoms with Crippen molar-refractivity contribution in [2.24, 2.45) is 0 Å². The van der Waals surface area contributed by atoms with Gasteiger partial charge in [0.15, 0.2) is 0 Å². The Bertz CT molecular complexity index is 352. The van der Waals surface area contributed by atoms with E-state index in [4.69, 9.17) is 12.2 Å². The molecule has 0 saturated heterocycles. The molecule has 0 radical (unpaired) electrons. The number of anilines is 2. The molecule has 0 fully saturated rings. The first kappa shape index (κ1) is 10.2. The quantitative estimate of drug-likeness (QED) is 0.709. The Kier molecular flexibility index (Phi) is 3.42. The van der Waals surface area contributed by atoms with Crippen LogP contribution in [0.1, 0.15) is 20.3 Å². The monoisotopic (exact) mass is 198 g/mol. The lowest BCUT2D eigenvalue weighted by Gasteiger charge is -2.14. The van der Waals surface area contributed by atoms with E-state index in [1.807, 2.05) is 6.92 Å². The van der Waals surface area contributed by atoms with Gasteiger partial charge in [-0.1, -0.05) is 19.1 Å². The summed E-state index contributed by atoms with van der Waals surface area (Å²) in [4.78, 5) is 11.3. The summed E-state index contributed by atoms with van der Waals surface area (Å²) in [6, 6.07) is 0. The van der Waals surface area contributed by atoms with E-state index in [1.165, 1.54) is 0 Å². The summed E-state index contributed by atoms with van der Waals surface area (Å²) in [5.74, 6) is 0. The predicted molar refractivity (Wildman–Crippen MR) is 58.9 cm³/mol. The van der Waals surface area contributed by atoms with Gasteiger partial charge in [-0.05, 0) is 13.3 Å². The summed E-state index contributed by atoms with van der Waals surface area (Å²) >= 11 is 4.91. The van der Waals surface area contributed by atoms with E-state index in [0.717, 1.165) is 25.2 Å². The van der Waals surface area contributed by atoms with E-state index in [0.29, 0.717) is 10.2 Å². The second-order valence-corrected chi connectivity index (χ2v) is 3.27. The topological polar surface area (TPSA) is 41.1 Å². The Labute approximate surface area is 82.9 Å². The fourth-order valence-electron chi connectivity index (χ4n) is 1.16. The molecular weight excluding hydrogens is 184 g/mol. The average molecular weight is 198 g/mol. The Morgan fingerprint density at radius 2 is 1.92 bits per heavy atom. The van der Waals surface area contributed by atoms with Crippen molar-refractivity contribution < 1.29 is 0 Å². The zero-order chi connectivity index (χ0) is 9.84. The van der Waals surface area contributed by atoms with Crippen LogP contribution in [-0.2, 0) is 0 Å². The van der Waals surface area contributed by atoms with Crippen molar-refractivity contribution in [3.63, 3.8) is 0 Å². The fraction of sp³-hybridized carbons (Fsp3) is 0.556. The molecule has 4 heteroatoms. The molecule has 0 atom stereocenters. The van der Waals surface area contributed by atoms with Crippen molar-refractivity contribution in [1.82, 2.24) is 0 Å². The molecule has 72 valence electrons. The predicted octanol–water partition coefficient (Wildman–Crippen LogP) is 1.91. The molecule has 1 aromatic rings. The molecule has 0 bridgehead atoms. The Morgan fingerprint density at radius 3 is 2.46 bits per heavy atom. The van der Waals surface area contributed by atoms with E-state index >= 15 is 0 Å². The van der Waals surface area contributed by atoms with Gasteiger partial charge in [-0.3, -0.25) is 4.79 Å². The maximum absolute atomic E-state index is 11.3. The molecule has 0 aliphatic rings. The normalized spacial score (nSPS) is 10.3. The maximum Gasteiger partial charge on any atom is 0.223 e. The van der Waals surface area contributed by atoms with Gasteiger partial charge in [-0.15, -0.1) is 0 Å². The second-order valence-electron chi connectivity index (χ2n) is 2.87. The van der Waals surface area contributed by atoms with Crippen LogP contribution in [0.5, 0.6) is 0 Å². The van der Waals surface area contributed by atoms with Gasteiger partial charge < -0.3 is 10.6 Å². The van der Waals surface area contributed by atoms with Crippen molar-refractivity contribution in [3.8, 4) is 0 Å². The zero-order valence-corrected chi connectivity index (χ0v) is 8.75. The number of hydrogen-bond donors (Lipinski definition) is 2. The fourth-order valence-corrected chi connectivity index (χ4v) is 1.43. The van der Waals surface area contributed by atoms with Crippen LogP contribution in [0.25, 0.3) is 0 Å². The molecule has 2 N–H and O–H groups in total. The lowest BCUT2D eigenvalue weighted by atomic mass is 10.2. The van der Waals surface area contributed by atoms with E-state index in [-0.39, 0.29) is 5.43 Å². The number of rotatable bonds is 5. The van der Waals surface area contributed by atoms with Crippen LogP contribution in [0.3, 0.4) is 0 Å². The molecule has 0 spiro atoms. The van der Waals surface area contributed by atoms with Crippen LogP contribution in [0.2, 0.25) is 0 Å². The van der Waals surface area contributed by atoms with Gasteiger partial charge in [0.25, 0.3) is 0 Å². The average Bonchev–Trinajstić information content (AvgIpc) is 2.16. The van der Waals surface area contributed by atoms with Crippen LogP contribution in [0.4, 0.5) is 11.4 Å². The first-order valence-corrected chi connectivity index (χ1v) is 4.94. The molecule has 3 nitrogen and oxygen atoms in total. The van der Waals surface area contributed by atoms with Crippen LogP contribution in [-0.4, -0.2) is 13.1 Å². The maximum atomic E-state index is 11.3. The number of hydrogen-bond acceptors (Lipinski definition) is 4. The van der Waals surface area contributed by atoms with E-state index in [1.54, 1.807) is 0 Å². The van der Waals surface area contributed by atoms with Gasteiger partial charge in [0, 0.05) is 13.1 Å². The summed E-state index contributed by atoms with van der Waals surface area (Å²) in [6.45, 7) is 5.65. The minimum absolute atomic E-state index is 0.0283. The lowest BCUT2D eigenvalue weighted by Crippen LogP contribution is -2.21. The minimum Gasteiger partial charge on any atom is -0.382 e. The highest BCUT2D eigenvalue weighted by Gasteiger charge is 2.15. The molecular formula is C9H14N2OS. The first-order valence-electron chi connectivity index (χ1n) is 4.53. The van der Waals surface area contributed by atoms with E-state index in [9.17, 15) is 4.79 Å². The van der Waals surface area contributed by atoms with Gasteiger partial charge >= 0.3 is 0 Å². The summed E-state index contributed by atoms with van der Waals surface area (Å²) in [6.07, 6.45) is 1.00. The molecule has 13 heavy (non-hydrogen) atoms. The molecule has 1 aromatic carbocycles. The van der Waals surface area contributed by atoms with Crippen molar-refractivity contribution >= 4 is 23.6 Å². The van der Waals surface area contributed by atoms with E-state index in [2.05, 4.69) is 17.6 Å². The molecule has 0 aromatic heterocycles. The molecule has 0 unspecified atom stereocenters. The molecule has 0 heterocycles. The highest BCUT2D eigenvalue weighted by Crippen LogP contribution is 2.22. The smallest absolute Gasteiger partial charge is 0.223 e. The summed E-state index contributed by atoms with van der Waals surface area (Å²) in [5.41, 5.74) is 1.45. The van der Waals surface area contributed by atoms with Gasteiger partial charge in [0.2, 0.25) is 5.43 Å². The molecule has 0 saturated carbocycles. The minimum atomic E-state index is -0.0283. The van der Waals surface area contributed by atoms with Crippen LogP contribution < -0.4 is 16.1 Å².